The minimum atomic E-state index is -2.46. The van der Waals surface area contributed by atoms with Gasteiger partial charge in [-0.1, -0.05) is 18.2 Å². The van der Waals surface area contributed by atoms with Crippen LogP contribution in [0.3, 0.4) is 0 Å². The minimum Gasteiger partial charge on any atom is -0.428 e. The van der Waals surface area contributed by atoms with Crippen molar-refractivity contribution in [2.45, 2.75) is 13.1 Å². The molecule has 0 unspecified atom stereocenters. The van der Waals surface area contributed by atoms with Gasteiger partial charge in [0, 0.05) is 7.11 Å². The quantitative estimate of drug-likeness (QED) is 0.612. The lowest BCUT2D eigenvalue weighted by molar-refractivity contribution is 0.241. The molecule has 0 atom stereocenters. The van der Waals surface area contributed by atoms with Crippen molar-refractivity contribution in [3.05, 3.63) is 42.4 Å². The number of halogens is 3. The maximum absolute atomic E-state index is 12.1. The number of benzene rings is 1. The lowest BCUT2D eigenvalue weighted by Gasteiger charge is -1.99. The van der Waals surface area contributed by atoms with Gasteiger partial charge in [-0.15, -0.1) is 0 Å². The Hall–Kier alpha value is -1.27. The van der Waals surface area contributed by atoms with Crippen molar-refractivity contribution >= 4 is 9.04 Å². The van der Waals surface area contributed by atoms with Crippen LogP contribution in [0.4, 0.5) is 13.2 Å². The summed E-state index contributed by atoms with van der Waals surface area (Å²) < 4.78 is 44.1. The van der Waals surface area contributed by atoms with Crippen LogP contribution in [-0.2, 0) is 4.43 Å². The monoisotopic (exact) mass is 264 g/mol. The van der Waals surface area contributed by atoms with Crippen LogP contribution in [0.2, 0.25) is 13.1 Å². The second kappa shape index (κ2) is 8.83. The molecule has 1 aromatic rings. The van der Waals surface area contributed by atoms with E-state index in [1.807, 2.05) is 0 Å². The molecule has 17 heavy (non-hydrogen) atoms. The van der Waals surface area contributed by atoms with E-state index in [4.69, 9.17) is 4.43 Å². The first-order valence-electron chi connectivity index (χ1n) is 4.93. The average Bonchev–Trinajstić information content (AvgIpc) is 2.31. The highest BCUT2D eigenvalue weighted by atomic mass is 28.3. The van der Waals surface area contributed by atoms with E-state index in [0.29, 0.717) is 0 Å². The van der Waals surface area contributed by atoms with Gasteiger partial charge in [0.1, 0.15) is 5.75 Å². The fraction of sp³-hybridized carbons (Fsp3) is 0.273. The van der Waals surface area contributed by atoms with E-state index >= 15 is 0 Å². The van der Waals surface area contributed by atoms with Crippen LogP contribution < -0.4 is 4.74 Å². The van der Waals surface area contributed by atoms with E-state index in [1.54, 1.807) is 25.3 Å². The summed E-state index contributed by atoms with van der Waals surface area (Å²) in [5.41, 5.74) is 0. The zero-order chi connectivity index (χ0) is 13.3. The van der Waals surface area contributed by atoms with E-state index in [1.165, 1.54) is 12.1 Å². The van der Waals surface area contributed by atoms with Crippen molar-refractivity contribution in [2.75, 3.05) is 7.11 Å². The number of hydrogen-bond acceptors (Lipinski definition) is 2. The number of para-hydroxylation sites is 1. The standard InChI is InChI=1S/C8H5F3O.C3H10OSi/c9-7(10)8(11)12-6-4-2-1-3-5-6;1-4-5(2)3/h1-5H;5H,1-3H3. The summed E-state index contributed by atoms with van der Waals surface area (Å²) in [6.45, 7) is 4.28. The maximum Gasteiger partial charge on any atom is 0.344 e. The maximum atomic E-state index is 12.1. The van der Waals surface area contributed by atoms with Gasteiger partial charge in [0.2, 0.25) is 0 Å². The highest BCUT2D eigenvalue weighted by Gasteiger charge is 2.06. The third-order valence-electron chi connectivity index (χ3n) is 1.57. The number of hydrogen-bond donors (Lipinski definition) is 0. The first-order valence-corrected chi connectivity index (χ1v) is 7.72. The highest BCUT2D eigenvalue weighted by Crippen LogP contribution is 2.16. The molecule has 0 fully saturated rings. The van der Waals surface area contributed by atoms with Crippen LogP contribution in [0.25, 0.3) is 0 Å². The van der Waals surface area contributed by atoms with Gasteiger partial charge in [0.25, 0.3) is 0 Å². The summed E-state index contributed by atoms with van der Waals surface area (Å²) in [6.07, 6.45) is -2.46. The minimum absolute atomic E-state index is 0.0443. The molecule has 2 nitrogen and oxygen atoms in total. The third-order valence-corrected chi connectivity index (χ3v) is 2.51. The molecular formula is C11H15F3O2Si. The van der Waals surface area contributed by atoms with Crippen molar-refractivity contribution < 1.29 is 22.3 Å². The largest absolute Gasteiger partial charge is 0.428 e. The summed E-state index contributed by atoms with van der Waals surface area (Å²) in [5.74, 6) is 0.0443. The predicted molar refractivity (Wildman–Crippen MR) is 63.3 cm³/mol. The van der Waals surface area contributed by atoms with E-state index in [2.05, 4.69) is 17.8 Å². The molecule has 0 saturated carbocycles. The van der Waals surface area contributed by atoms with Gasteiger partial charge in [-0.05, 0) is 25.2 Å². The molecule has 0 aromatic heterocycles. The fourth-order valence-corrected chi connectivity index (χ4v) is 0.631. The van der Waals surface area contributed by atoms with Crippen LogP contribution in [-0.4, -0.2) is 16.2 Å². The van der Waals surface area contributed by atoms with E-state index in [-0.39, 0.29) is 5.75 Å². The number of rotatable bonds is 3. The molecule has 0 aliphatic rings. The topological polar surface area (TPSA) is 18.5 Å². The lowest BCUT2D eigenvalue weighted by Crippen LogP contribution is -2.00. The summed E-state index contributed by atoms with van der Waals surface area (Å²) >= 11 is 0. The molecule has 1 aromatic carbocycles. The predicted octanol–water partition coefficient (Wildman–Crippen LogP) is 3.72. The van der Waals surface area contributed by atoms with Crippen LogP contribution in [0.5, 0.6) is 5.75 Å². The summed E-state index contributed by atoms with van der Waals surface area (Å²) in [5, 5.41) is 0. The van der Waals surface area contributed by atoms with Crippen molar-refractivity contribution in [2.24, 2.45) is 0 Å². The van der Waals surface area contributed by atoms with Gasteiger partial charge < -0.3 is 9.16 Å². The van der Waals surface area contributed by atoms with Crippen LogP contribution in [0.1, 0.15) is 0 Å². The Morgan fingerprint density at radius 1 is 1.06 bits per heavy atom. The van der Waals surface area contributed by atoms with Crippen LogP contribution in [0.15, 0.2) is 42.4 Å². The SMILES string of the molecule is CO[SiH](C)C.FC(F)=C(F)Oc1ccccc1. The second-order valence-electron chi connectivity index (χ2n) is 3.23. The van der Waals surface area contributed by atoms with E-state index < -0.39 is 21.1 Å². The van der Waals surface area contributed by atoms with Crippen molar-refractivity contribution in [3.8, 4) is 5.75 Å². The Labute approximate surface area is 100 Å². The Morgan fingerprint density at radius 3 is 1.88 bits per heavy atom. The molecule has 0 spiro atoms. The Bertz CT molecular complexity index is 338. The molecule has 0 saturated heterocycles. The van der Waals surface area contributed by atoms with Crippen molar-refractivity contribution in [1.82, 2.24) is 0 Å². The molecular weight excluding hydrogens is 249 g/mol. The average molecular weight is 264 g/mol. The Kier molecular flexibility index (Phi) is 8.17. The third kappa shape index (κ3) is 8.53. The first kappa shape index (κ1) is 15.7. The fourth-order valence-electron chi connectivity index (χ4n) is 0.631. The Balaban J connectivity index is 0.000000437. The van der Waals surface area contributed by atoms with E-state index in [0.717, 1.165) is 0 Å². The number of ether oxygens (including phenoxy) is 1. The van der Waals surface area contributed by atoms with Gasteiger partial charge in [0.05, 0.1) is 0 Å². The summed E-state index contributed by atoms with van der Waals surface area (Å²) in [7, 11) is 1.11. The molecule has 0 aliphatic carbocycles. The molecule has 0 N–H and O–H groups in total. The van der Waals surface area contributed by atoms with Crippen molar-refractivity contribution in [1.29, 1.82) is 0 Å². The van der Waals surface area contributed by atoms with Gasteiger partial charge in [0.15, 0.2) is 9.04 Å². The molecule has 6 heteroatoms. The smallest absolute Gasteiger partial charge is 0.344 e. The van der Waals surface area contributed by atoms with Gasteiger partial charge in [-0.2, -0.15) is 13.2 Å². The Morgan fingerprint density at radius 2 is 1.53 bits per heavy atom. The molecule has 0 aliphatic heterocycles. The summed E-state index contributed by atoms with van der Waals surface area (Å²) in [6, 6.07) is 5.67. The molecule has 0 amide bonds. The highest BCUT2D eigenvalue weighted by molar-refractivity contribution is 6.48. The second-order valence-corrected chi connectivity index (χ2v) is 5.80. The van der Waals surface area contributed by atoms with Crippen LogP contribution >= 0.6 is 0 Å². The van der Waals surface area contributed by atoms with Gasteiger partial charge >= 0.3 is 12.1 Å². The molecule has 0 heterocycles. The van der Waals surface area contributed by atoms with E-state index in [9.17, 15) is 13.2 Å². The zero-order valence-electron chi connectivity index (χ0n) is 9.91. The lowest BCUT2D eigenvalue weighted by atomic mass is 10.3. The molecule has 0 bridgehead atoms. The van der Waals surface area contributed by atoms with Gasteiger partial charge in [-0.3, -0.25) is 0 Å². The van der Waals surface area contributed by atoms with Crippen LogP contribution in [0, 0.1) is 0 Å². The van der Waals surface area contributed by atoms with Gasteiger partial charge in [-0.25, -0.2) is 0 Å². The zero-order valence-corrected chi connectivity index (χ0v) is 11.1. The summed E-state index contributed by atoms with van der Waals surface area (Å²) in [4.78, 5) is 0. The van der Waals surface area contributed by atoms with Crippen molar-refractivity contribution in [3.63, 3.8) is 0 Å². The molecule has 1 rings (SSSR count). The molecule has 0 radical (unpaired) electrons. The normalized spacial score (nSPS) is 9.35. The first-order chi connectivity index (χ1) is 7.97. The molecule has 96 valence electrons.